The predicted molar refractivity (Wildman–Crippen MR) is 122 cm³/mol. The monoisotopic (exact) mass is 505 g/mol. The zero-order chi connectivity index (χ0) is 25.9. The first kappa shape index (κ1) is 29.4. The van der Waals surface area contributed by atoms with Crippen molar-refractivity contribution in [1.82, 2.24) is 10.2 Å². The summed E-state index contributed by atoms with van der Waals surface area (Å²) in [4.78, 5) is 47.5. The lowest BCUT2D eigenvalue weighted by atomic mass is 10.0. The number of aliphatic carboxylic acids is 1. The number of amides is 2. The van der Waals surface area contributed by atoms with Gasteiger partial charge in [-0.25, -0.2) is 4.79 Å². The highest BCUT2D eigenvalue weighted by atomic mass is 32.2. The van der Waals surface area contributed by atoms with Gasteiger partial charge in [0.25, 0.3) is 5.24 Å². The Morgan fingerprint density at radius 1 is 1.24 bits per heavy atom. The number of halogens is 3. The van der Waals surface area contributed by atoms with Gasteiger partial charge in [0.1, 0.15) is 0 Å². The Hall–Kier alpha value is -2.60. The molecule has 0 spiro atoms. The van der Waals surface area contributed by atoms with Gasteiger partial charge in [0.05, 0.1) is 18.5 Å². The smallest absolute Gasteiger partial charge is 0.475 e. The zero-order valence-corrected chi connectivity index (χ0v) is 19.8. The van der Waals surface area contributed by atoms with Crippen LogP contribution in [0.2, 0.25) is 0 Å². The summed E-state index contributed by atoms with van der Waals surface area (Å²) < 4.78 is 31.7. The van der Waals surface area contributed by atoms with Gasteiger partial charge >= 0.3 is 12.1 Å². The van der Waals surface area contributed by atoms with E-state index in [0.29, 0.717) is 31.1 Å². The SMILES string of the molecule is CC(C)C[C@H](N)C(=O)CN(C[C@@H]1CCNC1=O)C(=O)SCc1ccccc1.O=C(O)C(F)(F)F. The third kappa shape index (κ3) is 11.0. The first-order chi connectivity index (χ1) is 15.8. The fourth-order valence-corrected chi connectivity index (χ4v) is 3.85. The molecule has 1 aromatic rings. The van der Waals surface area contributed by atoms with Crippen LogP contribution in [0.25, 0.3) is 0 Å². The van der Waals surface area contributed by atoms with Gasteiger partial charge in [-0.3, -0.25) is 14.4 Å². The highest BCUT2D eigenvalue weighted by Gasteiger charge is 2.38. The van der Waals surface area contributed by atoms with Crippen molar-refractivity contribution >= 4 is 34.7 Å². The molecule has 1 aliphatic rings. The van der Waals surface area contributed by atoms with E-state index in [0.717, 1.165) is 17.3 Å². The van der Waals surface area contributed by atoms with Crippen molar-refractivity contribution in [2.24, 2.45) is 17.6 Å². The second kappa shape index (κ2) is 14.0. The number of hydrogen-bond acceptors (Lipinski definition) is 6. The number of carbonyl (C=O) groups is 4. The molecule has 1 aromatic carbocycles. The first-order valence-electron chi connectivity index (χ1n) is 10.6. The van der Waals surface area contributed by atoms with Crippen molar-refractivity contribution in [2.75, 3.05) is 19.6 Å². The quantitative estimate of drug-likeness (QED) is 0.470. The summed E-state index contributed by atoms with van der Waals surface area (Å²) in [7, 11) is 0. The molecule has 0 aromatic heterocycles. The van der Waals surface area contributed by atoms with Gasteiger partial charge in [-0.05, 0) is 24.3 Å². The predicted octanol–water partition coefficient (Wildman–Crippen LogP) is 3.05. The van der Waals surface area contributed by atoms with Crippen LogP contribution in [0.1, 0.15) is 32.3 Å². The van der Waals surface area contributed by atoms with Crippen molar-refractivity contribution < 1.29 is 37.5 Å². The Labute approximate surface area is 200 Å². The third-order valence-corrected chi connectivity index (χ3v) is 5.78. The average molecular weight is 506 g/mol. The summed E-state index contributed by atoms with van der Waals surface area (Å²) in [5, 5.41) is 9.71. The minimum atomic E-state index is -5.08. The number of carboxylic acid groups (broad SMARTS) is 1. The number of benzene rings is 1. The van der Waals surface area contributed by atoms with Crippen LogP contribution in [0.3, 0.4) is 0 Å². The van der Waals surface area contributed by atoms with E-state index in [1.165, 1.54) is 4.90 Å². The van der Waals surface area contributed by atoms with E-state index < -0.39 is 18.2 Å². The van der Waals surface area contributed by atoms with Gasteiger partial charge in [-0.2, -0.15) is 13.2 Å². The van der Waals surface area contributed by atoms with E-state index in [4.69, 9.17) is 15.6 Å². The summed E-state index contributed by atoms with van der Waals surface area (Å²) in [6.45, 7) is 4.84. The average Bonchev–Trinajstić information content (AvgIpc) is 3.15. The summed E-state index contributed by atoms with van der Waals surface area (Å²) in [6, 6.07) is 9.11. The van der Waals surface area contributed by atoms with Crippen LogP contribution in [0.5, 0.6) is 0 Å². The van der Waals surface area contributed by atoms with Crippen LogP contribution < -0.4 is 11.1 Å². The molecular weight excluding hydrogens is 475 g/mol. The molecule has 1 aliphatic heterocycles. The standard InChI is InChI=1S/C20H29N3O3S.C2HF3O2/c1-14(2)10-17(21)18(24)12-23(11-16-8-9-22-19(16)25)20(26)27-13-15-6-4-3-5-7-15;3-2(4,5)1(6)7/h3-7,14,16-17H,8-13,21H2,1-2H3,(H,22,25);(H,6,7)/t16-,17-;/m0./s1. The number of ketones is 1. The number of nitrogens with one attached hydrogen (secondary N) is 1. The minimum absolute atomic E-state index is 0.0434. The van der Waals surface area contributed by atoms with E-state index in [1.54, 1.807) is 0 Å². The molecule has 2 atom stereocenters. The number of nitrogens with two attached hydrogens (primary N) is 1. The molecule has 34 heavy (non-hydrogen) atoms. The van der Waals surface area contributed by atoms with Gasteiger partial charge in [0.2, 0.25) is 5.91 Å². The van der Waals surface area contributed by atoms with Gasteiger partial charge in [-0.1, -0.05) is 55.9 Å². The Balaban J connectivity index is 0.000000718. The van der Waals surface area contributed by atoms with Gasteiger partial charge in [0, 0.05) is 18.8 Å². The molecule has 2 rings (SSSR count). The highest BCUT2D eigenvalue weighted by Crippen LogP contribution is 2.20. The van der Waals surface area contributed by atoms with Crippen LogP contribution in [-0.2, 0) is 20.1 Å². The van der Waals surface area contributed by atoms with E-state index >= 15 is 0 Å². The number of alkyl halides is 3. The third-order valence-electron chi connectivity index (χ3n) is 4.80. The zero-order valence-electron chi connectivity index (χ0n) is 19.0. The Morgan fingerprint density at radius 2 is 1.82 bits per heavy atom. The van der Waals surface area contributed by atoms with Crippen LogP contribution >= 0.6 is 11.8 Å². The maximum Gasteiger partial charge on any atom is 0.490 e. The van der Waals surface area contributed by atoms with E-state index in [9.17, 15) is 27.6 Å². The lowest BCUT2D eigenvalue weighted by Gasteiger charge is -2.25. The molecule has 8 nitrogen and oxygen atoms in total. The summed E-state index contributed by atoms with van der Waals surface area (Å²) in [5.41, 5.74) is 7.03. The maximum atomic E-state index is 12.8. The van der Waals surface area contributed by atoms with Gasteiger partial charge in [-0.15, -0.1) is 0 Å². The Bertz CT molecular complexity index is 837. The first-order valence-corrected chi connectivity index (χ1v) is 11.6. The maximum absolute atomic E-state index is 12.8. The number of carboxylic acids is 1. The fourth-order valence-electron chi connectivity index (χ4n) is 3.04. The lowest BCUT2D eigenvalue weighted by Crippen LogP contribution is -2.44. The molecule has 1 saturated heterocycles. The number of hydrogen-bond donors (Lipinski definition) is 3. The highest BCUT2D eigenvalue weighted by molar-refractivity contribution is 8.12. The molecule has 0 saturated carbocycles. The minimum Gasteiger partial charge on any atom is -0.475 e. The molecule has 1 heterocycles. The summed E-state index contributed by atoms with van der Waals surface area (Å²) >= 11 is 1.15. The molecule has 0 unspecified atom stereocenters. The van der Waals surface area contributed by atoms with Crippen LogP contribution in [0.15, 0.2) is 30.3 Å². The van der Waals surface area contributed by atoms with Crippen molar-refractivity contribution in [3.05, 3.63) is 35.9 Å². The van der Waals surface area contributed by atoms with Crippen LogP contribution in [0.4, 0.5) is 18.0 Å². The summed E-state index contributed by atoms with van der Waals surface area (Å²) in [6.07, 6.45) is -3.82. The summed E-state index contributed by atoms with van der Waals surface area (Å²) in [5.74, 6) is -2.40. The number of carbonyl (C=O) groups excluding carboxylic acids is 3. The van der Waals surface area contributed by atoms with Crippen molar-refractivity contribution in [3.63, 3.8) is 0 Å². The molecule has 0 aliphatic carbocycles. The molecule has 0 bridgehead atoms. The van der Waals surface area contributed by atoms with Crippen molar-refractivity contribution in [1.29, 1.82) is 0 Å². The molecule has 2 amide bonds. The second-order valence-corrected chi connectivity index (χ2v) is 9.13. The van der Waals surface area contributed by atoms with Gasteiger partial charge < -0.3 is 21.1 Å². The molecule has 4 N–H and O–H groups in total. The second-order valence-electron chi connectivity index (χ2n) is 8.20. The van der Waals surface area contributed by atoms with Crippen LogP contribution in [-0.4, -0.2) is 64.8 Å². The molecule has 12 heteroatoms. The van der Waals surface area contributed by atoms with E-state index in [2.05, 4.69) is 5.32 Å². The van der Waals surface area contributed by atoms with Gasteiger partial charge in [0.15, 0.2) is 5.78 Å². The molecular formula is C22H30F3N3O5S. The van der Waals surface area contributed by atoms with E-state index in [1.807, 2.05) is 44.2 Å². The van der Waals surface area contributed by atoms with Crippen molar-refractivity contribution in [3.8, 4) is 0 Å². The number of nitrogens with zero attached hydrogens (tertiary/aromatic N) is 1. The Kier molecular flexibility index (Phi) is 12.1. The molecule has 1 fully saturated rings. The number of Topliss-reactive ketones (excluding diaryl/α,β-unsaturated/α-hetero) is 1. The normalized spacial score (nSPS) is 16.3. The lowest BCUT2D eigenvalue weighted by molar-refractivity contribution is -0.192. The van der Waals surface area contributed by atoms with E-state index in [-0.39, 0.29) is 35.9 Å². The fraction of sp³-hybridized carbons (Fsp3) is 0.545. The number of thioether (sulfide) groups is 1. The largest absolute Gasteiger partial charge is 0.490 e. The molecule has 190 valence electrons. The topological polar surface area (TPSA) is 130 Å². The Morgan fingerprint density at radius 3 is 2.29 bits per heavy atom. The molecule has 0 radical (unpaired) electrons. The van der Waals surface area contributed by atoms with Crippen LogP contribution in [0, 0.1) is 11.8 Å². The number of rotatable bonds is 9. The van der Waals surface area contributed by atoms with Crippen molar-refractivity contribution in [2.45, 2.75) is 44.7 Å².